The number of fused-ring (bicyclic) bond motifs is 5. The molecule has 4 N–H and O–H groups in total. The van der Waals surface area contributed by atoms with Crippen molar-refractivity contribution in [3.8, 4) is 0 Å². The van der Waals surface area contributed by atoms with Crippen molar-refractivity contribution in [2.75, 3.05) is 19.6 Å². The van der Waals surface area contributed by atoms with Crippen LogP contribution in [-0.4, -0.2) is 80.4 Å². The van der Waals surface area contributed by atoms with E-state index in [2.05, 4.69) is 4.90 Å². The van der Waals surface area contributed by atoms with Gasteiger partial charge >= 0.3 is 0 Å². The quantitative estimate of drug-likeness (QED) is 0.499. The molecule has 1 saturated heterocycles. The monoisotopic (exact) mass is 461 g/mol. The van der Waals surface area contributed by atoms with Crippen molar-refractivity contribution in [3.05, 3.63) is 11.6 Å². The van der Waals surface area contributed by atoms with Gasteiger partial charge in [0.25, 0.3) is 0 Å². The van der Waals surface area contributed by atoms with E-state index in [9.17, 15) is 30.0 Å². The molecule has 0 aromatic rings. The number of rotatable bonds is 3. The fourth-order valence-corrected chi connectivity index (χ4v) is 8.29. The Bertz CT molecular complexity index is 865. The molecule has 7 heteroatoms. The fraction of sp³-hybridized carbons (Fsp3) is 0.846. The van der Waals surface area contributed by atoms with E-state index in [1.165, 1.54) is 0 Å². The summed E-state index contributed by atoms with van der Waals surface area (Å²) in [5.74, 6) is -0.528. The highest BCUT2D eigenvalue weighted by Crippen LogP contribution is 2.67. The highest BCUT2D eigenvalue weighted by atomic mass is 16.3. The number of ketones is 2. The van der Waals surface area contributed by atoms with Crippen LogP contribution in [0.3, 0.4) is 0 Å². The number of Topliss-reactive ketones (excluding diaryl/α,β-unsaturated/α-hetero) is 1. The Morgan fingerprint density at radius 3 is 2.42 bits per heavy atom. The molecule has 8 atom stereocenters. The molecule has 7 nitrogen and oxygen atoms in total. The molecule has 33 heavy (non-hydrogen) atoms. The van der Waals surface area contributed by atoms with Crippen LogP contribution in [0, 0.1) is 28.6 Å². The van der Waals surface area contributed by atoms with E-state index >= 15 is 0 Å². The lowest BCUT2D eigenvalue weighted by molar-refractivity contribution is -0.154. The summed E-state index contributed by atoms with van der Waals surface area (Å²) < 4.78 is 0. The predicted molar refractivity (Wildman–Crippen MR) is 121 cm³/mol. The van der Waals surface area contributed by atoms with E-state index in [0.717, 1.165) is 25.1 Å². The largest absolute Gasteiger partial charge is 0.393 e. The molecule has 0 aromatic carbocycles. The summed E-state index contributed by atoms with van der Waals surface area (Å²) in [6.45, 7) is 5.86. The first-order valence-electron chi connectivity index (χ1n) is 12.8. The van der Waals surface area contributed by atoms with Crippen LogP contribution in [0.25, 0.3) is 0 Å². The number of nitrogens with zero attached hydrogens (tertiary/aromatic N) is 1. The van der Waals surface area contributed by atoms with Crippen molar-refractivity contribution < 1.29 is 30.0 Å². The molecule has 1 heterocycles. The first-order chi connectivity index (χ1) is 15.5. The molecule has 1 aliphatic heterocycles. The minimum absolute atomic E-state index is 0.0298. The van der Waals surface area contributed by atoms with Crippen LogP contribution in [0.15, 0.2) is 11.6 Å². The third-order valence-corrected chi connectivity index (χ3v) is 10.4. The Balaban J connectivity index is 1.41. The summed E-state index contributed by atoms with van der Waals surface area (Å²) in [6.07, 6.45) is 4.17. The first-order valence-corrected chi connectivity index (χ1v) is 12.8. The van der Waals surface area contributed by atoms with Gasteiger partial charge in [0.1, 0.15) is 0 Å². The topological polar surface area (TPSA) is 118 Å². The number of carbonyl (C=O) groups excluding carboxylic acids is 2. The molecular weight excluding hydrogens is 422 g/mol. The number of hydrogen-bond acceptors (Lipinski definition) is 7. The second kappa shape index (κ2) is 7.95. The van der Waals surface area contributed by atoms with Crippen LogP contribution in [0.1, 0.15) is 65.2 Å². The normalized spacial score (nSPS) is 48.6. The molecule has 0 aromatic heterocycles. The molecule has 4 aliphatic carbocycles. The van der Waals surface area contributed by atoms with E-state index in [1.807, 2.05) is 13.8 Å². The lowest BCUT2D eigenvalue weighted by Crippen LogP contribution is -2.61. The van der Waals surface area contributed by atoms with Crippen molar-refractivity contribution in [2.45, 2.75) is 89.1 Å². The number of aliphatic hydroxyl groups excluding tert-OH is 3. The zero-order valence-corrected chi connectivity index (χ0v) is 19.9. The van der Waals surface area contributed by atoms with E-state index in [0.29, 0.717) is 45.1 Å². The van der Waals surface area contributed by atoms with Gasteiger partial charge in [0.15, 0.2) is 11.6 Å². The number of carbonyl (C=O) groups is 2. The highest BCUT2D eigenvalue weighted by Gasteiger charge is 2.67. The van der Waals surface area contributed by atoms with Crippen LogP contribution in [0.4, 0.5) is 0 Å². The molecule has 184 valence electrons. The van der Waals surface area contributed by atoms with E-state index < -0.39 is 28.6 Å². The van der Waals surface area contributed by atoms with Crippen molar-refractivity contribution in [1.29, 1.82) is 0 Å². The summed E-state index contributed by atoms with van der Waals surface area (Å²) >= 11 is 0. The second-order valence-electron chi connectivity index (χ2n) is 12.1. The molecule has 3 saturated carbocycles. The summed E-state index contributed by atoms with van der Waals surface area (Å²) in [5.41, 5.74) is -1.54. The minimum atomic E-state index is -1.20. The van der Waals surface area contributed by atoms with Crippen LogP contribution in [0.5, 0.6) is 0 Å². The van der Waals surface area contributed by atoms with Crippen molar-refractivity contribution in [2.24, 2.45) is 28.6 Å². The van der Waals surface area contributed by atoms with Crippen LogP contribution in [0.2, 0.25) is 0 Å². The molecule has 5 rings (SSSR count). The molecule has 0 spiro atoms. The Labute approximate surface area is 195 Å². The van der Waals surface area contributed by atoms with Gasteiger partial charge in [0.2, 0.25) is 0 Å². The van der Waals surface area contributed by atoms with Gasteiger partial charge in [-0.05, 0) is 74.3 Å². The molecule has 4 fully saturated rings. The summed E-state index contributed by atoms with van der Waals surface area (Å²) in [6, 6.07) is 0. The Morgan fingerprint density at radius 1 is 1.03 bits per heavy atom. The zero-order chi connectivity index (χ0) is 23.8. The van der Waals surface area contributed by atoms with E-state index in [4.69, 9.17) is 0 Å². The molecule has 0 bridgehead atoms. The Kier molecular flexibility index (Phi) is 5.69. The average Bonchev–Trinajstić information content (AvgIpc) is 3.04. The average molecular weight is 462 g/mol. The lowest BCUT2D eigenvalue weighted by Gasteiger charge is -2.59. The zero-order valence-electron chi connectivity index (χ0n) is 19.9. The first kappa shape index (κ1) is 23.6. The van der Waals surface area contributed by atoms with Gasteiger partial charge in [-0.1, -0.05) is 13.8 Å². The summed E-state index contributed by atoms with van der Waals surface area (Å²) in [5, 5.41) is 42.5. The standard InChI is InChI=1S/C26H39NO6/c1-24-13-22(31)21(30)12-19(24)20(29)11-18-16(24)3-7-25(2)17(4-8-26(18,25)33)23(32)14-27-9-5-15(28)6-10-27/h11,15-17,19,21-22,28,30-31,33H,3-10,12-14H2,1-2H3. The number of allylic oxidation sites excluding steroid dienone is 1. The number of aliphatic hydroxyl groups is 4. The summed E-state index contributed by atoms with van der Waals surface area (Å²) in [7, 11) is 0. The molecule has 5 aliphatic rings. The predicted octanol–water partition coefficient (Wildman–Crippen LogP) is 1.22. The van der Waals surface area contributed by atoms with Gasteiger partial charge in [-0.15, -0.1) is 0 Å². The smallest absolute Gasteiger partial charge is 0.159 e. The molecular formula is C26H39NO6. The third-order valence-electron chi connectivity index (χ3n) is 10.4. The maximum atomic E-state index is 13.4. The van der Waals surface area contributed by atoms with Gasteiger partial charge in [-0.25, -0.2) is 0 Å². The van der Waals surface area contributed by atoms with Gasteiger partial charge in [-0.2, -0.15) is 0 Å². The van der Waals surface area contributed by atoms with Crippen LogP contribution in [-0.2, 0) is 9.59 Å². The Hall–Kier alpha value is -1.12. The lowest BCUT2D eigenvalue weighted by atomic mass is 9.46. The fourth-order valence-electron chi connectivity index (χ4n) is 8.29. The molecule has 0 amide bonds. The molecule has 0 radical (unpaired) electrons. The van der Waals surface area contributed by atoms with Crippen molar-refractivity contribution in [1.82, 2.24) is 4.90 Å². The van der Waals surface area contributed by atoms with Gasteiger partial charge < -0.3 is 20.4 Å². The van der Waals surface area contributed by atoms with E-state index in [1.54, 1.807) is 6.08 Å². The highest BCUT2D eigenvalue weighted by molar-refractivity contribution is 5.95. The number of likely N-dealkylation sites (tertiary alicyclic amines) is 1. The van der Waals surface area contributed by atoms with Crippen molar-refractivity contribution >= 4 is 11.6 Å². The van der Waals surface area contributed by atoms with Gasteiger partial charge in [0.05, 0.1) is 30.5 Å². The van der Waals surface area contributed by atoms with Crippen LogP contribution >= 0.6 is 0 Å². The maximum Gasteiger partial charge on any atom is 0.159 e. The third kappa shape index (κ3) is 3.41. The van der Waals surface area contributed by atoms with E-state index in [-0.39, 0.29) is 41.8 Å². The number of hydrogen-bond donors (Lipinski definition) is 4. The Morgan fingerprint density at radius 2 is 1.73 bits per heavy atom. The SMILES string of the molecule is CC12CC(O)C(O)CC1C(=O)C=C1C2CCC2(C)C(C(=O)CN3CCC(O)CC3)CCC12O. The maximum absolute atomic E-state index is 13.4. The van der Waals surface area contributed by atoms with Gasteiger partial charge in [0, 0.05) is 30.3 Å². The molecule has 8 unspecified atom stereocenters. The minimum Gasteiger partial charge on any atom is -0.393 e. The number of piperidine rings is 1. The summed E-state index contributed by atoms with van der Waals surface area (Å²) in [4.78, 5) is 28.8. The van der Waals surface area contributed by atoms with Crippen LogP contribution < -0.4 is 0 Å². The van der Waals surface area contributed by atoms with Gasteiger partial charge in [-0.3, -0.25) is 14.5 Å². The second-order valence-corrected chi connectivity index (χ2v) is 12.1. The van der Waals surface area contributed by atoms with Crippen molar-refractivity contribution in [3.63, 3.8) is 0 Å².